The summed E-state index contributed by atoms with van der Waals surface area (Å²) in [5.74, 6) is 0.493. The summed E-state index contributed by atoms with van der Waals surface area (Å²) in [6.45, 7) is 1.34. The molecule has 2 rings (SSSR count). The van der Waals surface area contributed by atoms with Crippen molar-refractivity contribution in [1.82, 2.24) is 14.9 Å². The number of benzene rings is 1. The maximum atomic E-state index is 12.6. The van der Waals surface area contributed by atoms with Gasteiger partial charge in [0.2, 0.25) is 11.9 Å². The van der Waals surface area contributed by atoms with Crippen LogP contribution >= 0.6 is 11.6 Å². The number of rotatable bonds is 8. The lowest BCUT2D eigenvalue weighted by Gasteiger charge is -2.21. The van der Waals surface area contributed by atoms with E-state index >= 15 is 0 Å². The first-order valence-electron chi connectivity index (χ1n) is 8.20. The first kappa shape index (κ1) is 19.9. The normalized spacial score (nSPS) is 10.9. The molecule has 1 aromatic heterocycles. The van der Waals surface area contributed by atoms with Gasteiger partial charge in [0.1, 0.15) is 0 Å². The van der Waals surface area contributed by atoms with Crippen LogP contribution < -0.4 is 4.90 Å². The molecule has 2 aromatic rings. The Labute approximate surface area is 159 Å². The van der Waals surface area contributed by atoms with E-state index in [0.717, 1.165) is 11.1 Å². The van der Waals surface area contributed by atoms with Gasteiger partial charge in [-0.1, -0.05) is 29.8 Å². The molecule has 1 aromatic carbocycles. The predicted octanol–water partition coefficient (Wildman–Crippen LogP) is 2.88. The van der Waals surface area contributed by atoms with E-state index in [1.54, 1.807) is 30.5 Å². The predicted molar refractivity (Wildman–Crippen MR) is 104 cm³/mol. The van der Waals surface area contributed by atoms with Crippen LogP contribution in [0.4, 0.5) is 5.95 Å². The summed E-state index contributed by atoms with van der Waals surface area (Å²) in [5.41, 5.74) is 1.65. The number of amides is 1. The molecule has 0 saturated carbocycles. The number of hydrogen-bond donors (Lipinski definition) is 0. The molecule has 1 heterocycles. The van der Waals surface area contributed by atoms with Crippen molar-refractivity contribution in [3.8, 4) is 0 Å². The third-order valence-electron chi connectivity index (χ3n) is 3.67. The Morgan fingerprint density at radius 1 is 1.23 bits per heavy atom. The first-order chi connectivity index (χ1) is 12.5. The molecule has 138 valence electrons. The first-order valence-corrected chi connectivity index (χ1v) is 8.57. The lowest BCUT2D eigenvalue weighted by Crippen LogP contribution is -2.32. The topological polar surface area (TPSA) is 58.6 Å². The van der Waals surface area contributed by atoms with Gasteiger partial charge in [-0.3, -0.25) is 4.79 Å². The Kier molecular flexibility index (Phi) is 7.56. The highest BCUT2D eigenvalue weighted by Crippen LogP contribution is 2.17. The number of carbonyl (C=O) groups is 1. The molecule has 0 aliphatic carbocycles. The number of anilines is 1. The SMILES string of the molecule is COCCN(Cc1ccccc1Cl)C(=O)/C=C/c1cnc(N(C)C)nc1. The smallest absolute Gasteiger partial charge is 0.246 e. The van der Waals surface area contributed by atoms with E-state index in [9.17, 15) is 4.79 Å². The van der Waals surface area contributed by atoms with E-state index in [-0.39, 0.29) is 5.91 Å². The summed E-state index contributed by atoms with van der Waals surface area (Å²) in [7, 11) is 5.35. The largest absolute Gasteiger partial charge is 0.383 e. The van der Waals surface area contributed by atoms with Crippen LogP contribution in [0.5, 0.6) is 0 Å². The van der Waals surface area contributed by atoms with Gasteiger partial charge in [0.25, 0.3) is 0 Å². The fourth-order valence-electron chi connectivity index (χ4n) is 2.22. The third kappa shape index (κ3) is 5.82. The lowest BCUT2D eigenvalue weighted by molar-refractivity contribution is -0.127. The Morgan fingerprint density at radius 3 is 2.54 bits per heavy atom. The molecule has 1 amide bonds. The molecule has 0 N–H and O–H groups in total. The van der Waals surface area contributed by atoms with Gasteiger partial charge in [-0.2, -0.15) is 0 Å². The zero-order chi connectivity index (χ0) is 18.9. The minimum absolute atomic E-state index is 0.126. The number of ether oxygens (including phenoxy) is 1. The molecule has 0 fully saturated rings. The number of halogens is 1. The van der Waals surface area contributed by atoms with Gasteiger partial charge in [0.15, 0.2) is 0 Å². The Morgan fingerprint density at radius 2 is 1.92 bits per heavy atom. The summed E-state index contributed by atoms with van der Waals surface area (Å²) in [4.78, 5) is 24.6. The molecule has 0 radical (unpaired) electrons. The van der Waals surface area contributed by atoms with Gasteiger partial charge in [-0.25, -0.2) is 9.97 Å². The minimum Gasteiger partial charge on any atom is -0.383 e. The Balaban J connectivity index is 2.09. The molecule has 0 bridgehead atoms. The average molecular weight is 375 g/mol. The fraction of sp³-hybridized carbons (Fsp3) is 0.316. The fourth-order valence-corrected chi connectivity index (χ4v) is 2.42. The second-order valence-electron chi connectivity index (χ2n) is 5.89. The van der Waals surface area contributed by atoms with Crippen molar-refractivity contribution in [3.05, 3.63) is 58.9 Å². The third-order valence-corrected chi connectivity index (χ3v) is 4.04. The molecule has 0 atom stereocenters. The molecular weight excluding hydrogens is 352 g/mol. The van der Waals surface area contributed by atoms with Crippen molar-refractivity contribution >= 4 is 29.5 Å². The molecule has 0 aliphatic rings. The van der Waals surface area contributed by atoms with E-state index in [2.05, 4.69) is 9.97 Å². The second kappa shape index (κ2) is 9.89. The van der Waals surface area contributed by atoms with Gasteiger partial charge in [-0.05, 0) is 17.7 Å². The van der Waals surface area contributed by atoms with E-state index in [1.807, 2.05) is 43.3 Å². The van der Waals surface area contributed by atoms with E-state index in [0.29, 0.717) is 30.7 Å². The molecule has 0 saturated heterocycles. The lowest BCUT2D eigenvalue weighted by atomic mass is 10.2. The number of carbonyl (C=O) groups excluding carboxylic acids is 1. The second-order valence-corrected chi connectivity index (χ2v) is 6.30. The quantitative estimate of drug-likeness (QED) is 0.665. The summed E-state index contributed by atoms with van der Waals surface area (Å²) in [6.07, 6.45) is 6.58. The molecule has 7 heteroatoms. The van der Waals surface area contributed by atoms with Crippen LogP contribution in [0.3, 0.4) is 0 Å². The number of nitrogens with zero attached hydrogens (tertiary/aromatic N) is 4. The van der Waals surface area contributed by atoms with Crippen LogP contribution in [0.2, 0.25) is 5.02 Å². The summed E-state index contributed by atoms with van der Waals surface area (Å²) in [6, 6.07) is 7.49. The molecule has 0 spiro atoms. The van der Waals surface area contributed by atoms with Crippen molar-refractivity contribution in [2.45, 2.75) is 6.54 Å². The summed E-state index contributed by atoms with van der Waals surface area (Å²) >= 11 is 6.21. The number of hydrogen-bond acceptors (Lipinski definition) is 5. The zero-order valence-electron chi connectivity index (χ0n) is 15.2. The molecule has 0 aliphatic heterocycles. The van der Waals surface area contributed by atoms with Crippen LogP contribution in [0, 0.1) is 0 Å². The standard InChI is InChI=1S/C19H23ClN4O2/c1-23(2)19-21-12-15(13-22-19)8-9-18(25)24(10-11-26-3)14-16-6-4-5-7-17(16)20/h4-9,12-13H,10-11,14H2,1-3H3/b9-8+. The van der Waals surface area contributed by atoms with Gasteiger partial charge in [0, 0.05) is 63.4 Å². The Bertz CT molecular complexity index is 747. The minimum atomic E-state index is -0.126. The van der Waals surface area contributed by atoms with E-state index in [4.69, 9.17) is 16.3 Å². The van der Waals surface area contributed by atoms with Crippen molar-refractivity contribution < 1.29 is 9.53 Å². The van der Waals surface area contributed by atoms with E-state index < -0.39 is 0 Å². The average Bonchev–Trinajstić information content (AvgIpc) is 2.65. The number of aromatic nitrogens is 2. The van der Waals surface area contributed by atoms with Crippen LogP contribution in [0.25, 0.3) is 6.08 Å². The number of methoxy groups -OCH3 is 1. The van der Waals surface area contributed by atoms with Crippen LogP contribution in [0.1, 0.15) is 11.1 Å². The van der Waals surface area contributed by atoms with Crippen molar-refractivity contribution in [2.75, 3.05) is 39.3 Å². The molecule has 0 unspecified atom stereocenters. The highest BCUT2D eigenvalue weighted by Gasteiger charge is 2.13. The maximum absolute atomic E-state index is 12.6. The van der Waals surface area contributed by atoms with Crippen molar-refractivity contribution in [1.29, 1.82) is 0 Å². The summed E-state index contributed by atoms with van der Waals surface area (Å²) < 4.78 is 5.11. The zero-order valence-corrected chi connectivity index (χ0v) is 16.0. The monoisotopic (exact) mass is 374 g/mol. The van der Waals surface area contributed by atoms with Crippen LogP contribution in [-0.4, -0.2) is 55.1 Å². The van der Waals surface area contributed by atoms with Crippen LogP contribution in [-0.2, 0) is 16.1 Å². The van der Waals surface area contributed by atoms with Gasteiger partial charge in [0.05, 0.1) is 6.61 Å². The summed E-state index contributed by atoms with van der Waals surface area (Å²) in [5, 5.41) is 0.638. The maximum Gasteiger partial charge on any atom is 0.246 e. The highest BCUT2D eigenvalue weighted by atomic mass is 35.5. The van der Waals surface area contributed by atoms with Crippen molar-refractivity contribution in [3.63, 3.8) is 0 Å². The van der Waals surface area contributed by atoms with Crippen molar-refractivity contribution in [2.24, 2.45) is 0 Å². The van der Waals surface area contributed by atoms with Gasteiger partial charge >= 0.3 is 0 Å². The van der Waals surface area contributed by atoms with Gasteiger partial charge < -0.3 is 14.5 Å². The molecule has 26 heavy (non-hydrogen) atoms. The van der Waals surface area contributed by atoms with Crippen LogP contribution in [0.15, 0.2) is 42.7 Å². The van der Waals surface area contributed by atoms with Gasteiger partial charge in [-0.15, -0.1) is 0 Å². The molecular formula is C19H23ClN4O2. The Hall–Kier alpha value is -2.44. The van der Waals surface area contributed by atoms with E-state index in [1.165, 1.54) is 6.08 Å². The highest BCUT2D eigenvalue weighted by molar-refractivity contribution is 6.31. The molecule has 6 nitrogen and oxygen atoms in total.